The van der Waals surface area contributed by atoms with E-state index in [1.165, 1.54) is 18.0 Å². The molecule has 0 bridgehead atoms. The fraction of sp³-hybridized carbons (Fsp3) is 0.308. The van der Waals surface area contributed by atoms with Crippen LogP contribution in [0.1, 0.15) is 6.92 Å². The van der Waals surface area contributed by atoms with E-state index >= 15 is 0 Å². The number of sulfonamides is 1. The highest BCUT2D eigenvalue weighted by molar-refractivity contribution is 8.01. The van der Waals surface area contributed by atoms with Crippen molar-refractivity contribution < 1.29 is 8.42 Å². The van der Waals surface area contributed by atoms with Gasteiger partial charge in [0.05, 0.1) is 17.6 Å². The normalized spacial score (nSPS) is 11.5. The average molecular weight is 326 g/mol. The highest BCUT2D eigenvalue weighted by Crippen LogP contribution is 2.24. The van der Waals surface area contributed by atoms with Crippen molar-refractivity contribution in [2.75, 3.05) is 22.0 Å². The van der Waals surface area contributed by atoms with Crippen LogP contribution in [-0.2, 0) is 16.6 Å². The minimum absolute atomic E-state index is 0.0172. The Bertz CT molecular complexity index is 698. The van der Waals surface area contributed by atoms with Crippen molar-refractivity contribution in [1.29, 1.82) is 0 Å². The molecule has 3 N–H and O–H groups in total. The van der Waals surface area contributed by atoms with Gasteiger partial charge in [-0.2, -0.15) is 5.10 Å². The first-order valence-electron chi connectivity index (χ1n) is 6.50. The molecule has 1 aromatic heterocycles. The first kappa shape index (κ1) is 15.7. The standard InChI is InChI=1S/C13H18N4O2S2/c1-2-17-10-11(9-15-17)16-21(18,19)8-7-20-13-6-4-3-5-12(13)14/h3-6,9-10,16H,2,7-8,14H2,1H3. The van der Waals surface area contributed by atoms with Crippen LogP contribution in [0.25, 0.3) is 0 Å². The number of anilines is 2. The second-order valence-corrected chi connectivity index (χ2v) is 7.37. The zero-order chi connectivity index (χ0) is 15.3. The molecule has 2 rings (SSSR count). The molecule has 0 saturated carbocycles. The SMILES string of the molecule is CCn1cc(NS(=O)(=O)CCSc2ccccc2N)cn1. The van der Waals surface area contributed by atoms with Crippen LogP contribution in [-0.4, -0.2) is 29.7 Å². The summed E-state index contributed by atoms with van der Waals surface area (Å²) < 4.78 is 28.1. The first-order valence-corrected chi connectivity index (χ1v) is 9.14. The van der Waals surface area contributed by atoms with Crippen LogP contribution in [0.15, 0.2) is 41.6 Å². The van der Waals surface area contributed by atoms with Gasteiger partial charge >= 0.3 is 0 Å². The number of benzene rings is 1. The molecule has 0 aliphatic rings. The Kier molecular flexibility index (Phi) is 5.13. The number of thioether (sulfide) groups is 1. The fourth-order valence-corrected chi connectivity index (χ4v) is 4.10. The molecule has 0 fully saturated rings. The summed E-state index contributed by atoms with van der Waals surface area (Å²) in [6.45, 7) is 2.64. The maximum absolute atomic E-state index is 12.0. The number of hydrogen-bond acceptors (Lipinski definition) is 5. The number of aryl methyl sites for hydroxylation is 1. The van der Waals surface area contributed by atoms with E-state index in [0.29, 0.717) is 23.7 Å². The highest BCUT2D eigenvalue weighted by atomic mass is 32.2. The molecular formula is C13H18N4O2S2. The van der Waals surface area contributed by atoms with Gasteiger partial charge in [0.15, 0.2) is 0 Å². The number of para-hydroxylation sites is 1. The van der Waals surface area contributed by atoms with Gasteiger partial charge in [-0.15, -0.1) is 11.8 Å². The van der Waals surface area contributed by atoms with Gasteiger partial charge in [0.1, 0.15) is 0 Å². The van der Waals surface area contributed by atoms with Crippen LogP contribution in [0, 0.1) is 0 Å². The minimum atomic E-state index is -3.38. The van der Waals surface area contributed by atoms with Crippen molar-refractivity contribution in [3.8, 4) is 0 Å². The lowest BCUT2D eigenvalue weighted by molar-refractivity contribution is 0.602. The van der Waals surface area contributed by atoms with Gasteiger partial charge in [0.2, 0.25) is 10.0 Å². The lowest BCUT2D eigenvalue weighted by atomic mass is 10.3. The Balaban J connectivity index is 1.88. The maximum Gasteiger partial charge on any atom is 0.233 e. The molecule has 8 heteroatoms. The van der Waals surface area contributed by atoms with Gasteiger partial charge in [-0.1, -0.05) is 12.1 Å². The van der Waals surface area contributed by atoms with E-state index in [1.54, 1.807) is 16.9 Å². The van der Waals surface area contributed by atoms with Crippen LogP contribution in [0.2, 0.25) is 0 Å². The maximum atomic E-state index is 12.0. The number of nitrogens with two attached hydrogens (primary N) is 1. The van der Waals surface area contributed by atoms with E-state index in [4.69, 9.17) is 5.73 Å². The summed E-state index contributed by atoms with van der Waals surface area (Å²) in [6, 6.07) is 7.41. The molecule has 0 atom stereocenters. The monoisotopic (exact) mass is 326 g/mol. The van der Waals surface area contributed by atoms with E-state index in [9.17, 15) is 8.42 Å². The Morgan fingerprint density at radius 1 is 1.38 bits per heavy atom. The summed E-state index contributed by atoms with van der Waals surface area (Å²) in [5.74, 6) is 0.453. The molecule has 6 nitrogen and oxygen atoms in total. The predicted molar refractivity (Wildman–Crippen MR) is 86.9 cm³/mol. The van der Waals surface area contributed by atoms with Crippen LogP contribution < -0.4 is 10.5 Å². The number of hydrogen-bond donors (Lipinski definition) is 2. The molecule has 1 heterocycles. The van der Waals surface area contributed by atoms with Gasteiger partial charge in [0, 0.05) is 29.1 Å². The van der Waals surface area contributed by atoms with Crippen molar-refractivity contribution in [2.45, 2.75) is 18.4 Å². The highest BCUT2D eigenvalue weighted by Gasteiger charge is 2.12. The van der Waals surface area contributed by atoms with Crippen LogP contribution in [0.5, 0.6) is 0 Å². The molecule has 0 unspecified atom stereocenters. The minimum Gasteiger partial charge on any atom is -0.398 e. The van der Waals surface area contributed by atoms with E-state index in [1.807, 2.05) is 25.1 Å². The topological polar surface area (TPSA) is 90.0 Å². The molecule has 21 heavy (non-hydrogen) atoms. The summed E-state index contributed by atoms with van der Waals surface area (Å²) in [6.07, 6.45) is 3.17. The number of rotatable bonds is 7. The van der Waals surface area contributed by atoms with Crippen molar-refractivity contribution in [3.05, 3.63) is 36.7 Å². The Morgan fingerprint density at radius 3 is 2.81 bits per heavy atom. The largest absolute Gasteiger partial charge is 0.398 e. The van der Waals surface area contributed by atoms with Gasteiger partial charge < -0.3 is 5.73 Å². The second-order valence-electron chi connectivity index (χ2n) is 4.39. The van der Waals surface area contributed by atoms with Crippen molar-refractivity contribution in [1.82, 2.24) is 9.78 Å². The van der Waals surface area contributed by atoms with Crippen LogP contribution in [0.4, 0.5) is 11.4 Å². The van der Waals surface area contributed by atoms with Crippen LogP contribution >= 0.6 is 11.8 Å². The molecule has 1 aromatic carbocycles. The summed E-state index contributed by atoms with van der Waals surface area (Å²) in [5, 5.41) is 4.03. The van der Waals surface area contributed by atoms with Gasteiger partial charge in [-0.25, -0.2) is 8.42 Å². The second kappa shape index (κ2) is 6.86. The number of nitrogen functional groups attached to an aromatic ring is 1. The predicted octanol–water partition coefficient (Wildman–Crippen LogP) is 2.02. The zero-order valence-electron chi connectivity index (χ0n) is 11.7. The third kappa shape index (κ3) is 4.68. The summed E-state index contributed by atoms with van der Waals surface area (Å²) >= 11 is 1.43. The Labute approximate surface area is 128 Å². The van der Waals surface area contributed by atoms with Crippen molar-refractivity contribution >= 4 is 33.2 Å². The third-order valence-corrected chi connectivity index (χ3v) is 5.40. The number of nitrogens with zero attached hydrogens (tertiary/aromatic N) is 2. The molecule has 0 aliphatic carbocycles. The molecule has 0 amide bonds. The fourth-order valence-electron chi connectivity index (χ4n) is 1.69. The third-order valence-electron chi connectivity index (χ3n) is 2.76. The number of aromatic nitrogens is 2. The Hall–Kier alpha value is -1.67. The quantitative estimate of drug-likeness (QED) is 0.600. The van der Waals surface area contributed by atoms with E-state index < -0.39 is 10.0 Å². The Morgan fingerprint density at radius 2 is 2.14 bits per heavy atom. The number of nitrogens with one attached hydrogen (secondary N) is 1. The average Bonchev–Trinajstić information content (AvgIpc) is 2.87. The molecule has 2 aromatic rings. The van der Waals surface area contributed by atoms with Crippen molar-refractivity contribution in [2.24, 2.45) is 0 Å². The van der Waals surface area contributed by atoms with Crippen LogP contribution in [0.3, 0.4) is 0 Å². The summed E-state index contributed by atoms with van der Waals surface area (Å²) in [7, 11) is -3.38. The smallest absolute Gasteiger partial charge is 0.233 e. The van der Waals surface area contributed by atoms with E-state index in [-0.39, 0.29) is 5.75 Å². The van der Waals surface area contributed by atoms with E-state index in [0.717, 1.165) is 4.90 Å². The van der Waals surface area contributed by atoms with E-state index in [2.05, 4.69) is 9.82 Å². The summed E-state index contributed by atoms with van der Waals surface area (Å²) in [5.41, 5.74) is 6.97. The molecule has 114 valence electrons. The zero-order valence-corrected chi connectivity index (χ0v) is 13.3. The molecule has 0 aliphatic heterocycles. The first-order chi connectivity index (χ1) is 10.00. The van der Waals surface area contributed by atoms with Gasteiger partial charge in [-0.3, -0.25) is 9.40 Å². The van der Waals surface area contributed by atoms with Crippen molar-refractivity contribution in [3.63, 3.8) is 0 Å². The van der Waals surface area contributed by atoms with Gasteiger partial charge in [-0.05, 0) is 19.1 Å². The lowest BCUT2D eigenvalue weighted by Crippen LogP contribution is -2.17. The summed E-state index contributed by atoms with van der Waals surface area (Å²) in [4.78, 5) is 0.895. The lowest BCUT2D eigenvalue weighted by Gasteiger charge is -2.07. The molecular weight excluding hydrogens is 308 g/mol. The van der Waals surface area contributed by atoms with Gasteiger partial charge in [0.25, 0.3) is 0 Å². The molecule has 0 saturated heterocycles. The molecule has 0 spiro atoms. The molecule has 0 radical (unpaired) electrons.